The highest BCUT2D eigenvalue weighted by atomic mass is 79.9. The maximum Gasteiger partial charge on any atom is 0.305 e. The predicted octanol–water partition coefficient (Wildman–Crippen LogP) is 3.57. The minimum atomic E-state index is -0.992. The fourth-order valence-electron chi connectivity index (χ4n) is 2.51. The normalized spacial score (nSPS) is 15.1. The zero-order chi connectivity index (χ0) is 17.3. The molecule has 7 heteroatoms. The molecule has 2 N–H and O–H groups in total. The Hall–Kier alpha value is -2.15. The van der Waals surface area contributed by atoms with Crippen LogP contribution in [0.4, 0.5) is 0 Å². The van der Waals surface area contributed by atoms with Gasteiger partial charge in [0.25, 0.3) is 5.91 Å². The Bertz CT molecular complexity index is 783. The molecule has 1 unspecified atom stereocenters. The lowest BCUT2D eigenvalue weighted by Crippen LogP contribution is -2.30. The Morgan fingerprint density at radius 1 is 1.46 bits per heavy atom. The first-order chi connectivity index (χ1) is 11.4. The summed E-state index contributed by atoms with van der Waals surface area (Å²) in [5, 5.41) is 11.9. The molecule has 2 aromatic rings. The van der Waals surface area contributed by atoms with Gasteiger partial charge < -0.3 is 14.8 Å². The lowest BCUT2D eigenvalue weighted by Gasteiger charge is -2.17. The summed E-state index contributed by atoms with van der Waals surface area (Å²) in [4.78, 5) is 28.0. The highest BCUT2D eigenvalue weighted by Gasteiger charge is 2.31. The Kier molecular flexibility index (Phi) is 4.71. The van der Waals surface area contributed by atoms with E-state index in [2.05, 4.69) is 26.2 Å². The van der Waals surface area contributed by atoms with Gasteiger partial charge in [0.2, 0.25) is 5.76 Å². The van der Waals surface area contributed by atoms with E-state index in [0.717, 1.165) is 17.3 Å². The molecule has 3 rings (SSSR count). The van der Waals surface area contributed by atoms with Gasteiger partial charge in [0, 0.05) is 10.4 Å². The summed E-state index contributed by atoms with van der Waals surface area (Å²) in [6.45, 7) is 1.72. The monoisotopic (exact) mass is 392 g/mol. The van der Waals surface area contributed by atoms with E-state index in [4.69, 9.17) is 9.52 Å². The summed E-state index contributed by atoms with van der Waals surface area (Å²) in [7, 11) is 0. The third-order valence-corrected chi connectivity index (χ3v) is 4.37. The molecule has 1 aromatic heterocycles. The number of halogens is 1. The number of carboxylic acid groups (broad SMARTS) is 1. The summed E-state index contributed by atoms with van der Waals surface area (Å²) < 4.78 is 6.40. The summed E-state index contributed by atoms with van der Waals surface area (Å²) in [5.74, 6) is -0.381. The van der Waals surface area contributed by atoms with E-state index in [9.17, 15) is 9.59 Å². The van der Waals surface area contributed by atoms with Crippen molar-refractivity contribution in [1.29, 1.82) is 0 Å². The van der Waals surface area contributed by atoms with Gasteiger partial charge in [-0.2, -0.15) is 0 Å². The quantitative estimate of drug-likeness (QED) is 0.783. The van der Waals surface area contributed by atoms with Gasteiger partial charge in [-0.1, -0.05) is 28.1 Å². The zero-order valence-corrected chi connectivity index (χ0v) is 14.7. The molecule has 1 heterocycles. The number of hydrogen-bond donors (Lipinski definition) is 2. The van der Waals surface area contributed by atoms with Gasteiger partial charge in [0.05, 0.1) is 18.2 Å². The number of carbonyl (C=O) groups is 2. The van der Waals surface area contributed by atoms with Crippen LogP contribution in [-0.4, -0.2) is 22.0 Å². The maximum atomic E-state index is 12.5. The van der Waals surface area contributed by atoms with Crippen molar-refractivity contribution in [3.05, 3.63) is 51.6 Å². The minimum Gasteiger partial charge on any atom is -0.481 e. The van der Waals surface area contributed by atoms with Crippen molar-refractivity contribution in [3.8, 4) is 0 Å². The first-order valence-electron chi connectivity index (χ1n) is 7.69. The molecule has 24 heavy (non-hydrogen) atoms. The SMILES string of the molecule is Cc1nc(C2CC2)oc1C(=O)NC(CC(=O)O)c1cccc(Br)c1. The summed E-state index contributed by atoms with van der Waals surface area (Å²) in [6, 6.07) is 6.55. The number of carbonyl (C=O) groups excluding carboxylic acids is 1. The molecular weight excluding hydrogens is 376 g/mol. The first-order valence-corrected chi connectivity index (χ1v) is 8.48. The third kappa shape index (κ3) is 3.84. The van der Waals surface area contributed by atoms with Crippen LogP contribution in [0.15, 0.2) is 33.2 Å². The Balaban J connectivity index is 1.81. The van der Waals surface area contributed by atoms with Crippen LogP contribution in [-0.2, 0) is 4.79 Å². The van der Waals surface area contributed by atoms with Crippen LogP contribution >= 0.6 is 15.9 Å². The number of nitrogens with one attached hydrogen (secondary N) is 1. The van der Waals surface area contributed by atoms with Gasteiger partial charge in [-0.25, -0.2) is 4.98 Å². The third-order valence-electron chi connectivity index (χ3n) is 3.88. The van der Waals surface area contributed by atoms with E-state index < -0.39 is 17.9 Å². The predicted molar refractivity (Wildman–Crippen MR) is 89.8 cm³/mol. The number of hydrogen-bond acceptors (Lipinski definition) is 4. The van der Waals surface area contributed by atoms with Crippen LogP contribution in [0.3, 0.4) is 0 Å². The average Bonchev–Trinajstić information content (AvgIpc) is 3.29. The van der Waals surface area contributed by atoms with Gasteiger partial charge >= 0.3 is 5.97 Å². The van der Waals surface area contributed by atoms with Crippen molar-refractivity contribution in [3.63, 3.8) is 0 Å². The van der Waals surface area contributed by atoms with Gasteiger partial charge in [-0.05, 0) is 37.5 Å². The number of rotatable bonds is 6. The molecule has 0 saturated heterocycles. The van der Waals surface area contributed by atoms with Crippen molar-refractivity contribution >= 4 is 27.8 Å². The average molecular weight is 393 g/mol. The van der Waals surface area contributed by atoms with E-state index in [1.165, 1.54) is 0 Å². The molecule has 0 spiro atoms. The first kappa shape index (κ1) is 16.7. The van der Waals surface area contributed by atoms with Crippen molar-refractivity contribution in [1.82, 2.24) is 10.3 Å². The van der Waals surface area contributed by atoms with Crippen molar-refractivity contribution in [2.45, 2.75) is 38.1 Å². The molecule has 0 bridgehead atoms. The number of aliphatic carboxylic acids is 1. The van der Waals surface area contributed by atoms with Gasteiger partial charge in [-0.3, -0.25) is 9.59 Å². The number of aromatic nitrogens is 1. The summed E-state index contributed by atoms with van der Waals surface area (Å²) >= 11 is 3.36. The Labute approximate surface area is 147 Å². The molecule has 1 amide bonds. The van der Waals surface area contributed by atoms with Crippen LogP contribution < -0.4 is 5.32 Å². The Morgan fingerprint density at radius 2 is 2.21 bits per heavy atom. The smallest absolute Gasteiger partial charge is 0.305 e. The summed E-state index contributed by atoms with van der Waals surface area (Å²) in [6.07, 6.45) is 1.84. The van der Waals surface area contributed by atoms with Crippen LogP contribution in [0.25, 0.3) is 0 Å². The molecule has 1 atom stereocenters. The largest absolute Gasteiger partial charge is 0.481 e. The number of amides is 1. The topological polar surface area (TPSA) is 92.4 Å². The van der Waals surface area contributed by atoms with Crippen molar-refractivity contribution < 1.29 is 19.1 Å². The molecule has 1 aromatic carbocycles. The Morgan fingerprint density at radius 3 is 2.83 bits per heavy atom. The highest BCUT2D eigenvalue weighted by molar-refractivity contribution is 9.10. The fraction of sp³-hybridized carbons (Fsp3) is 0.353. The number of oxazole rings is 1. The van der Waals surface area contributed by atoms with E-state index in [0.29, 0.717) is 23.1 Å². The molecule has 1 saturated carbocycles. The molecule has 1 fully saturated rings. The lowest BCUT2D eigenvalue weighted by atomic mass is 10.0. The fourth-order valence-corrected chi connectivity index (χ4v) is 2.92. The lowest BCUT2D eigenvalue weighted by molar-refractivity contribution is -0.137. The molecule has 1 aliphatic carbocycles. The second-order valence-electron chi connectivity index (χ2n) is 5.92. The zero-order valence-electron chi connectivity index (χ0n) is 13.1. The minimum absolute atomic E-state index is 0.155. The molecule has 0 aliphatic heterocycles. The molecule has 6 nitrogen and oxygen atoms in total. The number of aryl methyl sites for hydroxylation is 1. The van der Waals surface area contributed by atoms with Crippen LogP contribution in [0.5, 0.6) is 0 Å². The number of nitrogens with zero attached hydrogens (tertiary/aromatic N) is 1. The molecule has 1 aliphatic rings. The van der Waals surface area contributed by atoms with Crippen molar-refractivity contribution in [2.24, 2.45) is 0 Å². The maximum absolute atomic E-state index is 12.5. The molecule has 0 radical (unpaired) electrons. The van der Waals surface area contributed by atoms with Gasteiger partial charge in [-0.15, -0.1) is 0 Å². The van der Waals surface area contributed by atoms with Crippen molar-refractivity contribution in [2.75, 3.05) is 0 Å². The summed E-state index contributed by atoms with van der Waals surface area (Å²) in [5.41, 5.74) is 1.23. The highest BCUT2D eigenvalue weighted by Crippen LogP contribution is 2.40. The standard InChI is InChI=1S/C17H17BrN2O4/c1-9-15(24-17(19-9)10-5-6-10)16(23)20-13(8-14(21)22)11-3-2-4-12(18)7-11/h2-4,7,10,13H,5-6,8H2,1H3,(H,20,23)(H,21,22). The van der Waals surface area contributed by atoms with E-state index in [1.807, 2.05) is 6.07 Å². The van der Waals surface area contributed by atoms with Crippen LogP contribution in [0, 0.1) is 6.92 Å². The second-order valence-corrected chi connectivity index (χ2v) is 6.84. The van der Waals surface area contributed by atoms with Crippen LogP contribution in [0.1, 0.15) is 58.9 Å². The number of benzene rings is 1. The van der Waals surface area contributed by atoms with Gasteiger partial charge in [0.15, 0.2) is 5.89 Å². The number of carboxylic acids is 1. The van der Waals surface area contributed by atoms with E-state index >= 15 is 0 Å². The van der Waals surface area contributed by atoms with E-state index in [-0.39, 0.29) is 12.2 Å². The van der Waals surface area contributed by atoms with Gasteiger partial charge in [0.1, 0.15) is 0 Å². The van der Waals surface area contributed by atoms with Crippen LogP contribution in [0.2, 0.25) is 0 Å². The molecular formula is C17H17BrN2O4. The molecule has 126 valence electrons. The van der Waals surface area contributed by atoms with E-state index in [1.54, 1.807) is 25.1 Å². The second kappa shape index (κ2) is 6.76.